The molecular weight excluding hydrogens is 463 g/mol. The summed E-state index contributed by atoms with van der Waals surface area (Å²) in [6.07, 6.45) is 1.20. The Balaban J connectivity index is 1.72. The first-order chi connectivity index (χ1) is 12.6. The van der Waals surface area contributed by atoms with Gasteiger partial charge in [0.15, 0.2) is 9.66 Å². The lowest BCUT2D eigenvalue weighted by molar-refractivity contribution is -0.141. The van der Waals surface area contributed by atoms with E-state index in [1.165, 1.54) is 21.6 Å². The van der Waals surface area contributed by atoms with E-state index in [0.29, 0.717) is 19.4 Å². The number of carboxylic acid groups (broad SMARTS) is 1. The average molecular weight is 478 g/mol. The third kappa shape index (κ3) is 2.43. The molecule has 0 radical (unpaired) electrons. The summed E-state index contributed by atoms with van der Waals surface area (Å²) in [5, 5.41) is 22.8. The summed E-state index contributed by atoms with van der Waals surface area (Å²) in [6.45, 7) is 0.619. The molecule has 2 N–H and O–H groups in total. The molecule has 1 aliphatic heterocycles. The van der Waals surface area contributed by atoms with Crippen LogP contribution in [0.15, 0.2) is 30.3 Å². The first-order valence-corrected chi connectivity index (χ1v) is 10.3. The second kappa shape index (κ2) is 6.14. The van der Waals surface area contributed by atoms with Crippen LogP contribution in [0.2, 0.25) is 0 Å². The Hall–Kier alpha value is -1.78. The first kappa shape index (κ1) is 16.4. The molecule has 2 aliphatic rings. The van der Waals surface area contributed by atoms with E-state index >= 15 is 0 Å². The van der Waals surface area contributed by atoms with Crippen molar-refractivity contribution in [3.05, 3.63) is 61.6 Å². The Morgan fingerprint density at radius 3 is 2.85 bits per heavy atom. The maximum Gasteiger partial charge on any atom is 0.307 e. The predicted molar refractivity (Wildman–Crippen MR) is 106 cm³/mol. The average Bonchev–Trinajstić information content (AvgIpc) is 3.27. The Labute approximate surface area is 167 Å². The minimum Gasteiger partial charge on any atom is -0.481 e. The van der Waals surface area contributed by atoms with Crippen LogP contribution in [-0.4, -0.2) is 25.8 Å². The quantitative estimate of drug-likeness (QED) is 0.554. The number of halogens is 1. The predicted octanol–water partition coefficient (Wildman–Crippen LogP) is 2.93. The number of rotatable bonds is 2. The molecule has 132 valence electrons. The van der Waals surface area contributed by atoms with Crippen LogP contribution in [0.5, 0.6) is 0 Å². The van der Waals surface area contributed by atoms with E-state index < -0.39 is 5.97 Å². The maximum atomic E-state index is 11.5. The number of carbonyl (C=O) groups is 1. The van der Waals surface area contributed by atoms with E-state index in [-0.39, 0.29) is 12.0 Å². The van der Waals surface area contributed by atoms with Crippen molar-refractivity contribution in [1.29, 1.82) is 0 Å². The van der Waals surface area contributed by atoms with Crippen LogP contribution in [0.1, 0.15) is 33.4 Å². The highest BCUT2D eigenvalue weighted by Gasteiger charge is 2.37. The fraction of sp³-hybridized carbons (Fsp3) is 0.278. The largest absolute Gasteiger partial charge is 0.481 e. The van der Waals surface area contributed by atoms with Crippen molar-refractivity contribution in [2.24, 2.45) is 5.92 Å². The van der Waals surface area contributed by atoms with Gasteiger partial charge in [0.05, 0.1) is 18.5 Å². The molecule has 2 atom stereocenters. The number of aliphatic carboxylic acids is 1. The van der Waals surface area contributed by atoms with Gasteiger partial charge in [0, 0.05) is 33.0 Å². The zero-order chi connectivity index (χ0) is 17.8. The van der Waals surface area contributed by atoms with Crippen molar-refractivity contribution in [2.45, 2.75) is 25.4 Å². The molecule has 2 aromatic heterocycles. The summed E-state index contributed by atoms with van der Waals surface area (Å²) < 4.78 is 2.95. The number of carboxylic acids is 1. The van der Waals surface area contributed by atoms with Gasteiger partial charge in [0.25, 0.3) is 0 Å². The molecular formula is C18H15IN4O2S. The lowest BCUT2D eigenvalue weighted by Crippen LogP contribution is -2.22. The third-order valence-corrected chi connectivity index (χ3v) is 7.08. The van der Waals surface area contributed by atoms with E-state index in [1.807, 2.05) is 18.2 Å². The van der Waals surface area contributed by atoms with Crippen LogP contribution >= 0.6 is 33.9 Å². The molecule has 5 rings (SSSR count). The lowest BCUT2D eigenvalue weighted by atomic mass is 9.95. The smallest absolute Gasteiger partial charge is 0.307 e. The van der Waals surface area contributed by atoms with E-state index in [2.05, 4.69) is 54.8 Å². The van der Waals surface area contributed by atoms with Crippen LogP contribution in [0.4, 0.5) is 0 Å². The van der Waals surface area contributed by atoms with Gasteiger partial charge in [-0.15, -0.1) is 21.5 Å². The summed E-state index contributed by atoms with van der Waals surface area (Å²) in [5.41, 5.74) is 3.56. The highest BCUT2D eigenvalue weighted by molar-refractivity contribution is 14.1. The molecule has 0 fully saturated rings. The van der Waals surface area contributed by atoms with Gasteiger partial charge in [0.1, 0.15) is 5.00 Å². The van der Waals surface area contributed by atoms with Gasteiger partial charge in [-0.1, -0.05) is 30.3 Å². The second-order valence-corrected chi connectivity index (χ2v) is 8.66. The molecule has 0 amide bonds. The van der Waals surface area contributed by atoms with E-state index in [9.17, 15) is 9.90 Å². The van der Waals surface area contributed by atoms with Gasteiger partial charge in [-0.25, -0.2) is 0 Å². The molecule has 8 heteroatoms. The normalized spacial score (nSPS) is 21.0. The molecule has 0 spiro atoms. The van der Waals surface area contributed by atoms with E-state index in [4.69, 9.17) is 0 Å². The van der Waals surface area contributed by atoms with Crippen molar-refractivity contribution in [1.82, 2.24) is 20.1 Å². The van der Waals surface area contributed by atoms with E-state index in [1.54, 1.807) is 11.3 Å². The SMILES string of the molecule is O=C(O)C1Cc2sc3c(c2C1)C(c1ccccc1)NCc1nnc(I)n1-3. The molecule has 26 heavy (non-hydrogen) atoms. The standard InChI is InChI=1S/C18H15IN4O2S/c19-18-22-21-13-8-20-15(9-4-2-1-3-5-9)14-11-6-10(17(24)25)7-12(11)26-16(14)23(13)18/h1-5,10,15,20H,6-8H2,(H,24,25). The Kier molecular flexibility index (Phi) is 3.87. The van der Waals surface area contributed by atoms with Crippen LogP contribution in [0.25, 0.3) is 5.00 Å². The summed E-state index contributed by atoms with van der Waals surface area (Å²) in [7, 11) is 0. The molecule has 0 bridgehead atoms. The number of nitrogens with zero attached hydrogens (tertiary/aromatic N) is 3. The Morgan fingerprint density at radius 2 is 2.08 bits per heavy atom. The van der Waals surface area contributed by atoms with Gasteiger partial charge in [-0.05, 0) is 24.0 Å². The molecule has 6 nitrogen and oxygen atoms in total. The molecule has 1 aliphatic carbocycles. The van der Waals surface area contributed by atoms with Crippen molar-refractivity contribution in [3.63, 3.8) is 0 Å². The zero-order valence-corrected chi connectivity index (χ0v) is 16.6. The number of fused-ring (bicyclic) bond motifs is 5. The summed E-state index contributed by atoms with van der Waals surface area (Å²) in [5.74, 6) is -0.135. The van der Waals surface area contributed by atoms with Crippen molar-refractivity contribution < 1.29 is 9.90 Å². The van der Waals surface area contributed by atoms with Crippen LogP contribution in [-0.2, 0) is 24.2 Å². The number of nitrogens with one attached hydrogen (secondary N) is 1. The van der Waals surface area contributed by atoms with Crippen molar-refractivity contribution in [3.8, 4) is 5.00 Å². The maximum absolute atomic E-state index is 11.5. The first-order valence-electron chi connectivity index (χ1n) is 8.39. The molecule has 0 saturated heterocycles. The number of thiophene rings is 1. The fourth-order valence-electron chi connectivity index (χ4n) is 3.92. The van der Waals surface area contributed by atoms with Gasteiger partial charge in [-0.3, -0.25) is 14.7 Å². The number of hydrogen-bond donors (Lipinski definition) is 2. The molecule has 2 unspecified atom stereocenters. The topological polar surface area (TPSA) is 80.0 Å². The van der Waals surface area contributed by atoms with Gasteiger partial charge in [-0.2, -0.15) is 0 Å². The summed E-state index contributed by atoms with van der Waals surface area (Å²) in [4.78, 5) is 12.7. The molecule has 3 aromatic rings. The summed E-state index contributed by atoms with van der Waals surface area (Å²) in [6, 6.07) is 10.4. The number of aromatic nitrogens is 3. The van der Waals surface area contributed by atoms with Crippen LogP contribution < -0.4 is 5.32 Å². The van der Waals surface area contributed by atoms with Crippen molar-refractivity contribution >= 4 is 39.9 Å². The molecule has 3 heterocycles. The highest BCUT2D eigenvalue weighted by atomic mass is 127. The fourth-order valence-corrected chi connectivity index (χ4v) is 6.18. The highest BCUT2D eigenvalue weighted by Crippen LogP contribution is 2.46. The molecule has 1 aromatic carbocycles. The van der Waals surface area contributed by atoms with E-state index in [0.717, 1.165) is 14.7 Å². The number of hydrogen-bond acceptors (Lipinski definition) is 5. The minimum absolute atomic E-state index is 0.0243. The number of benzene rings is 1. The van der Waals surface area contributed by atoms with Crippen LogP contribution in [0.3, 0.4) is 0 Å². The van der Waals surface area contributed by atoms with Gasteiger partial charge < -0.3 is 5.11 Å². The van der Waals surface area contributed by atoms with Gasteiger partial charge >= 0.3 is 5.97 Å². The summed E-state index contributed by atoms with van der Waals surface area (Å²) >= 11 is 3.91. The van der Waals surface area contributed by atoms with Crippen molar-refractivity contribution in [2.75, 3.05) is 0 Å². The Bertz CT molecular complexity index is 1010. The zero-order valence-electron chi connectivity index (χ0n) is 13.6. The third-order valence-electron chi connectivity index (χ3n) is 5.12. The van der Waals surface area contributed by atoms with Crippen LogP contribution in [0, 0.1) is 9.75 Å². The minimum atomic E-state index is -0.709. The second-order valence-electron chi connectivity index (χ2n) is 6.61. The lowest BCUT2D eigenvalue weighted by Gasteiger charge is -2.19. The molecule has 0 saturated carbocycles. The van der Waals surface area contributed by atoms with Gasteiger partial charge in [0.2, 0.25) is 0 Å². The Morgan fingerprint density at radius 1 is 1.27 bits per heavy atom. The monoisotopic (exact) mass is 478 g/mol.